The summed E-state index contributed by atoms with van der Waals surface area (Å²) in [7, 11) is 0. The fourth-order valence-electron chi connectivity index (χ4n) is 3.87. The molecule has 4 rings (SSSR count). The summed E-state index contributed by atoms with van der Waals surface area (Å²) in [5.74, 6) is 0.409. The van der Waals surface area contributed by atoms with Crippen LogP contribution in [0.4, 0.5) is 11.6 Å². The van der Waals surface area contributed by atoms with Gasteiger partial charge in [-0.1, -0.05) is 48.0 Å². The molecule has 1 fully saturated rings. The van der Waals surface area contributed by atoms with Crippen molar-refractivity contribution in [2.24, 2.45) is 0 Å². The molecule has 0 radical (unpaired) electrons. The van der Waals surface area contributed by atoms with Gasteiger partial charge in [-0.25, -0.2) is 9.97 Å². The number of rotatable bonds is 6. The molecule has 8 nitrogen and oxygen atoms in total. The molecule has 0 spiro atoms. The van der Waals surface area contributed by atoms with Crippen LogP contribution >= 0.6 is 11.6 Å². The van der Waals surface area contributed by atoms with E-state index >= 15 is 0 Å². The van der Waals surface area contributed by atoms with Crippen molar-refractivity contribution < 1.29 is 4.79 Å². The third-order valence-corrected chi connectivity index (χ3v) is 5.82. The van der Waals surface area contributed by atoms with Crippen molar-refractivity contribution in [3.63, 3.8) is 0 Å². The van der Waals surface area contributed by atoms with Crippen LogP contribution in [0.2, 0.25) is 5.15 Å². The van der Waals surface area contributed by atoms with Gasteiger partial charge in [-0.3, -0.25) is 14.2 Å². The summed E-state index contributed by atoms with van der Waals surface area (Å²) >= 11 is 6.56. The maximum Gasteiger partial charge on any atom is 0.294 e. The van der Waals surface area contributed by atoms with Gasteiger partial charge in [0.25, 0.3) is 5.56 Å². The number of carbonyl (C=O) groups is 1. The Labute approximate surface area is 191 Å². The second kappa shape index (κ2) is 9.40. The van der Waals surface area contributed by atoms with Crippen molar-refractivity contribution in [2.45, 2.75) is 32.9 Å². The second-order valence-corrected chi connectivity index (χ2v) is 8.14. The van der Waals surface area contributed by atoms with Gasteiger partial charge in [0.2, 0.25) is 5.91 Å². The van der Waals surface area contributed by atoms with Crippen molar-refractivity contribution >= 4 is 29.1 Å². The van der Waals surface area contributed by atoms with E-state index in [4.69, 9.17) is 17.3 Å². The van der Waals surface area contributed by atoms with Crippen LogP contribution in [-0.4, -0.2) is 33.5 Å². The van der Waals surface area contributed by atoms with Gasteiger partial charge in [-0.2, -0.15) is 0 Å². The van der Waals surface area contributed by atoms with E-state index in [9.17, 15) is 9.59 Å². The Hall–Kier alpha value is -3.39. The van der Waals surface area contributed by atoms with Crippen LogP contribution in [0.15, 0.2) is 47.3 Å². The first-order valence-corrected chi connectivity index (χ1v) is 10.9. The predicted octanol–water partition coefficient (Wildman–Crippen LogP) is 2.77. The zero-order valence-corrected chi connectivity index (χ0v) is 18.6. The highest BCUT2D eigenvalue weighted by Crippen LogP contribution is 2.27. The summed E-state index contributed by atoms with van der Waals surface area (Å²) in [5.41, 5.74) is 8.13. The molecule has 166 valence electrons. The Morgan fingerprint density at radius 2 is 1.84 bits per heavy atom. The summed E-state index contributed by atoms with van der Waals surface area (Å²) < 4.78 is 1.42. The topological polar surface area (TPSA) is 106 Å². The van der Waals surface area contributed by atoms with Gasteiger partial charge in [-0.15, -0.1) is 0 Å². The SMILES string of the molecule is Cc1nc(N)ccc1CNC(=O)Cn1c(-c2ccccc2)c(Cl)nc(N2CCCC2)c1=O. The molecule has 1 aliphatic rings. The van der Waals surface area contributed by atoms with Crippen LogP contribution in [-0.2, 0) is 17.9 Å². The molecule has 1 saturated heterocycles. The zero-order valence-electron chi connectivity index (χ0n) is 17.8. The number of benzene rings is 1. The van der Waals surface area contributed by atoms with Gasteiger partial charge in [0.15, 0.2) is 11.0 Å². The quantitative estimate of drug-likeness (QED) is 0.595. The molecule has 0 aliphatic carbocycles. The normalized spacial score (nSPS) is 13.4. The molecule has 0 atom stereocenters. The highest BCUT2D eigenvalue weighted by atomic mass is 35.5. The maximum absolute atomic E-state index is 13.4. The van der Waals surface area contributed by atoms with Gasteiger partial charge >= 0.3 is 0 Å². The number of aryl methyl sites for hydroxylation is 1. The van der Waals surface area contributed by atoms with E-state index in [2.05, 4.69) is 15.3 Å². The number of nitrogen functional groups attached to an aromatic ring is 1. The fourth-order valence-corrected chi connectivity index (χ4v) is 4.16. The van der Waals surface area contributed by atoms with Crippen molar-refractivity contribution in [2.75, 3.05) is 23.7 Å². The van der Waals surface area contributed by atoms with Crippen molar-refractivity contribution in [3.05, 3.63) is 69.2 Å². The van der Waals surface area contributed by atoms with Crippen LogP contribution in [0, 0.1) is 6.92 Å². The van der Waals surface area contributed by atoms with E-state index in [1.165, 1.54) is 4.57 Å². The number of nitrogens with zero attached hydrogens (tertiary/aromatic N) is 4. The van der Waals surface area contributed by atoms with Gasteiger partial charge in [0.05, 0.1) is 5.69 Å². The van der Waals surface area contributed by atoms with Crippen LogP contribution in [0.1, 0.15) is 24.1 Å². The van der Waals surface area contributed by atoms with Gasteiger partial charge in [0.1, 0.15) is 12.4 Å². The Morgan fingerprint density at radius 1 is 1.12 bits per heavy atom. The number of hydrogen-bond donors (Lipinski definition) is 2. The van der Waals surface area contributed by atoms with E-state index in [1.807, 2.05) is 48.2 Å². The van der Waals surface area contributed by atoms with Gasteiger partial charge in [-0.05, 0) is 31.4 Å². The summed E-state index contributed by atoms with van der Waals surface area (Å²) in [5, 5.41) is 3.06. The molecular weight excluding hydrogens is 428 g/mol. The molecule has 1 aliphatic heterocycles. The Bertz CT molecular complexity index is 1190. The number of pyridine rings is 1. The van der Waals surface area contributed by atoms with E-state index in [0.29, 0.717) is 17.3 Å². The minimum absolute atomic E-state index is 0.173. The number of carbonyl (C=O) groups excluding carboxylic acids is 1. The van der Waals surface area contributed by atoms with Gasteiger partial charge < -0.3 is 16.0 Å². The highest BCUT2D eigenvalue weighted by Gasteiger charge is 2.24. The van der Waals surface area contributed by atoms with E-state index < -0.39 is 0 Å². The minimum atomic E-state index is -0.323. The molecule has 3 N–H and O–H groups in total. The number of nitrogens with two attached hydrogens (primary N) is 1. The average Bonchev–Trinajstić information content (AvgIpc) is 3.31. The number of hydrogen-bond acceptors (Lipinski definition) is 6. The first kappa shape index (κ1) is 21.8. The second-order valence-electron chi connectivity index (χ2n) is 7.78. The van der Waals surface area contributed by atoms with Gasteiger partial charge in [0, 0.05) is 30.9 Å². The molecular formula is C23H25ClN6O2. The lowest BCUT2D eigenvalue weighted by molar-refractivity contribution is -0.121. The number of halogens is 1. The first-order valence-electron chi connectivity index (χ1n) is 10.5. The Morgan fingerprint density at radius 3 is 2.53 bits per heavy atom. The van der Waals surface area contributed by atoms with Crippen molar-refractivity contribution in [1.29, 1.82) is 0 Å². The Kier molecular flexibility index (Phi) is 6.41. The number of aromatic nitrogens is 3. The average molecular weight is 453 g/mol. The standard InChI is InChI=1S/C23H25ClN6O2/c1-15-17(9-10-18(25)27-15)13-26-19(31)14-30-20(16-7-3-2-4-8-16)21(24)28-22(23(30)32)29-11-5-6-12-29/h2-4,7-10H,5-6,11-14H2,1H3,(H2,25,27)(H,26,31). The van der Waals surface area contributed by atoms with Crippen molar-refractivity contribution in [1.82, 2.24) is 19.9 Å². The van der Waals surface area contributed by atoms with Crippen LogP contribution in [0.5, 0.6) is 0 Å². The molecule has 0 saturated carbocycles. The van der Waals surface area contributed by atoms with Crippen LogP contribution in [0.3, 0.4) is 0 Å². The predicted molar refractivity (Wildman–Crippen MR) is 126 cm³/mol. The first-order chi connectivity index (χ1) is 15.4. The fraction of sp³-hybridized carbons (Fsp3) is 0.304. The molecule has 1 amide bonds. The monoisotopic (exact) mass is 452 g/mol. The number of amides is 1. The molecule has 0 unspecified atom stereocenters. The largest absolute Gasteiger partial charge is 0.384 e. The highest BCUT2D eigenvalue weighted by molar-refractivity contribution is 6.32. The summed E-state index contributed by atoms with van der Waals surface area (Å²) in [4.78, 5) is 36.8. The molecule has 1 aromatic carbocycles. The third kappa shape index (κ3) is 4.60. The molecule has 3 aromatic rings. The lowest BCUT2D eigenvalue weighted by Crippen LogP contribution is -2.37. The lowest BCUT2D eigenvalue weighted by Gasteiger charge is -2.20. The molecule has 9 heteroatoms. The summed E-state index contributed by atoms with van der Waals surface area (Å²) in [6.45, 7) is 3.44. The van der Waals surface area contributed by atoms with Crippen LogP contribution < -0.4 is 21.5 Å². The van der Waals surface area contributed by atoms with Crippen LogP contribution in [0.25, 0.3) is 11.3 Å². The molecule has 0 bridgehead atoms. The van der Waals surface area contributed by atoms with E-state index in [-0.39, 0.29) is 29.7 Å². The summed E-state index contributed by atoms with van der Waals surface area (Å²) in [6.07, 6.45) is 1.99. The Balaban J connectivity index is 1.66. The lowest BCUT2D eigenvalue weighted by atomic mass is 10.1. The number of anilines is 2. The van der Waals surface area contributed by atoms with E-state index in [0.717, 1.165) is 42.8 Å². The van der Waals surface area contributed by atoms with E-state index in [1.54, 1.807) is 6.07 Å². The van der Waals surface area contributed by atoms with Crippen molar-refractivity contribution in [3.8, 4) is 11.3 Å². The maximum atomic E-state index is 13.4. The molecule has 2 aromatic heterocycles. The third-order valence-electron chi connectivity index (χ3n) is 5.55. The zero-order chi connectivity index (χ0) is 22.7. The minimum Gasteiger partial charge on any atom is -0.384 e. The molecule has 32 heavy (non-hydrogen) atoms. The summed E-state index contributed by atoms with van der Waals surface area (Å²) in [6, 6.07) is 12.8. The smallest absolute Gasteiger partial charge is 0.294 e. The molecule has 3 heterocycles. The number of nitrogens with one attached hydrogen (secondary N) is 1.